The average Bonchev–Trinajstić information content (AvgIpc) is 2.60. The fourth-order valence-electron chi connectivity index (χ4n) is 2.36. The molecule has 1 aliphatic heterocycles. The van der Waals surface area contributed by atoms with Crippen LogP contribution in [0.4, 0.5) is 11.5 Å². The summed E-state index contributed by atoms with van der Waals surface area (Å²) in [6.45, 7) is 5.19. The number of nitrogens with zero attached hydrogens (tertiary/aromatic N) is 3. The lowest BCUT2D eigenvalue weighted by atomic mass is 10.3. The van der Waals surface area contributed by atoms with Crippen molar-refractivity contribution in [2.45, 2.75) is 0 Å². The van der Waals surface area contributed by atoms with Gasteiger partial charge in [0.15, 0.2) is 5.82 Å². The molecule has 1 aromatic heterocycles. The first-order valence-electron chi connectivity index (χ1n) is 7.70. The topological polar surface area (TPSA) is 85.5 Å². The molecular weight excluding hydrogens is 294 g/mol. The van der Waals surface area contributed by atoms with E-state index in [4.69, 9.17) is 15.2 Å². The molecule has 0 amide bonds. The van der Waals surface area contributed by atoms with Crippen molar-refractivity contribution in [2.75, 3.05) is 50.4 Å². The van der Waals surface area contributed by atoms with Gasteiger partial charge in [-0.15, -0.1) is 0 Å². The maximum absolute atomic E-state index is 6.10. The number of benzene rings is 1. The zero-order valence-corrected chi connectivity index (χ0v) is 12.9. The van der Waals surface area contributed by atoms with E-state index >= 15 is 0 Å². The summed E-state index contributed by atoms with van der Waals surface area (Å²) in [5.41, 5.74) is 6.52. The van der Waals surface area contributed by atoms with Crippen molar-refractivity contribution in [3.63, 3.8) is 0 Å². The van der Waals surface area contributed by atoms with Gasteiger partial charge < -0.3 is 20.5 Å². The van der Waals surface area contributed by atoms with Gasteiger partial charge >= 0.3 is 0 Å². The van der Waals surface area contributed by atoms with Crippen molar-refractivity contribution in [2.24, 2.45) is 0 Å². The molecule has 0 aliphatic carbocycles. The Labute approximate surface area is 135 Å². The molecule has 1 fully saturated rings. The second kappa shape index (κ2) is 7.75. The van der Waals surface area contributed by atoms with Gasteiger partial charge in [-0.05, 0) is 12.1 Å². The van der Waals surface area contributed by atoms with Crippen LogP contribution in [-0.4, -0.2) is 54.3 Å². The van der Waals surface area contributed by atoms with E-state index in [1.54, 1.807) is 0 Å². The third-order valence-corrected chi connectivity index (χ3v) is 3.63. The molecule has 1 saturated heterocycles. The normalized spacial score (nSPS) is 15.3. The number of nitrogens with two attached hydrogens (primary N) is 1. The Morgan fingerprint density at radius 3 is 2.74 bits per heavy atom. The van der Waals surface area contributed by atoms with Crippen LogP contribution in [0.1, 0.15) is 0 Å². The molecular formula is C16H21N5O2. The molecule has 0 saturated carbocycles. The number of rotatable bonds is 6. The van der Waals surface area contributed by atoms with Gasteiger partial charge in [-0.2, -0.15) is 4.98 Å². The standard InChI is InChI=1S/C16H21N5O2/c17-14-15(18-6-7-21-8-10-22-11-9-21)19-12-20-16(14)23-13-4-2-1-3-5-13/h1-5,12H,6-11,17H2,(H,18,19,20). The molecule has 0 spiro atoms. The minimum absolute atomic E-state index is 0.361. The van der Waals surface area contributed by atoms with Gasteiger partial charge in [0.25, 0.3) is 0 Å². The van der Waals surface area contributed by atoms with Crippen LogP contribution in [0.5, 0.6) is 11.6 Å². The van der Waals surface area contributed by atoms with E-state index in [9.17, 15) is 0 Å². The second-order valence-corrected chi connectivity index (χ2v) is 5.24. The molecule has 23 heavy (non-hydrogen) atoms. The predicted octanol–water partition coefficient (Wildman–Crippen LogP) is 1.60. The Balaban J connectivity index is 1.58. The first kappa shape index (κ1) is 15.5. The summed E-state index contributed by atoms with van der Waals surface area (Å²) in [5.74, 6) is 1.65. The van der Waals surface area contributed by atoms with Crippen molar-refractivity contribution < 1.29 is 9.47 Å². The Morgan fingerprint density at radius 1 is 1.17 bits per heavy atom. The van der Waals surface area contributed by atoms with E-state index in [-0.39, 0.29) is 0 Å². The van der Waals surface area contributed by atoms with E-state index in [0.29, 0.717) is 23.1 Å². The first-order valence-corrected chi connectivity index (χ1v) is 7.70. The number of ether oxygens (including phenoxy) is 2. The molecule has 0 atom stereocenters. The minimum Gasteiger partial charge on any atom is -0.437 e. The number of para-hydroxylation sites is 1. The van der Waals surface area contributed by atoms with Crippen LogP contribution >= 0.6 is 0 Å². The maximum Gasteiger partial charge on any atom is 0.248 e. The Hall–Kier alpha value is -2.38. The molecule has 3 rings (SSSR count). The highest BCUT2D eigenvalue weighted by molar-refractivity contribution is 5.66. The van der Waals surface area contributed by atoms with Gasteiger partial charge in [0, 0.05) is 26.2 Å². The SMILES string of the molecule is Nc1c(NCCN2CCOCC2)ncnc1Oc1ccccc1. The number of nitrogens with one attached hydrogen (secondary N) is 1. The number of aromatic nitrogens is 2. The van der Waals surface area contributed by atoms with Crippen LogP contribution in [0.15, 0.2) is 36.7 Å². The molecule has 7 heteroatoms. The molecule has 0 unspecified atom stereocenters. The highest BCUT2D eigenvalue weighted by atomic mass is 16.5. The summed E-state index contributed by atoms with van der Waals surface area (Å²) in [6, 6.07) is 9.43. The lowest BCUT2D eigenvalue weighted by Crippen LogP contribution is -2.39. The maximum atomic E-state index is 6.10. The zero-order valence-electron chi connectivity index (χ0n) is 12.9. The Kier molecular flexibility index (Phi) is 5.23. The Morgan fingerprint density at radius 2 is 1.96 bits per heavy atom. The summed E-state index contributed by atoms with van der Waals surface area (Å²) < 4.78 is 11.0. The lowest BCUT2D eigenvalue weighted by molar-refractivity contribution is 0.0398. The molecule has 7 nitrogen and oxygen atoms in total. The van der Waals surface area contributed by atoms with Gasteiger partial charge in [-0.3, -0.25) is 4.90 Å². The van der Waals surface area contributed by atoms with E-state index in [0.717, 1.165) is 39.4 Å². The predicted molar refractivity (Wildman–Crippen MR) is 88.7 cm³/mol. The van der Waals surface area contributed by atoms with Crippen LogP contribution in [0.3, 0.4) is 0 Å². The van der Waals surface area contributed by atoms with Gasteiger partial charge in [0.05, 0.1) is 13.2 Å². The number of nitrogen functional groups attached to an aromatic ring is 1. The number of anilines is 2. The van der Waals surface area contributed by atoms with Crippen LogP contribution in [0.25, 0.3) is 0 Å². The molecule has 2 heterocycles. The number of hydrogen-bond donors (Lipinski definition) is 2. The summed E-state index contributed by atoms with van der Waals surface area (Å²) in [5, 5.41) is 3.25. The highest BCUT2D eigenvalue weighted by Crippen LogP contribution is 2.28. The first-order chi connectivity index (χ1) is 11.3. The van der Waals surface area contributed by atoms with Crippen molar-refractivity contribution in [3.05, 3.63) is 36.7 Å². The third kappa shape index (κ3) is 4.30. The van der Waals surface area contributed by atoms with E-state index < -0.39 is 0 Å². The van der Waals surface area contributed by atoms with Crippen molar-refractivity contribution in [1.82, 2.24) is 14.9 Å². The fourth-order valence-corrected chi connectivity index (χ4v) is 2.36. The third-order valence-electron chi connectivity index (χ3n) is 3.63. The number of morpholine rings is 1. The summed E-state index contributed by atoms with van der Waals surface area (Å²) in [6.07, 6.45) is 1.45. The zero-order chi connectivity index (χ0) is 15.9. The fraction of sp³-hybridized carbons (Fsp3) is 0.375. The monoisotopic (exact) mass is 315 g/mol. The van der Waals surface area contributed by atoms with E-state index in [1.165, 1.54) is 6.33 Å². The summed E-state index contributed by atoms with van der Waals surface area (Å²) in [4.78, 5) is 10.6. The minimum atomic E-state index is 0.361. The molecule has 1 aliphatic rings. The molecule has 122 valence electrons. The quantitative estimate of drug-likeness (QED) is 0.837. The molecule has 3 N–H and O–H groups in total. The van der Waals surface area contributed by atoms with Crippen LogP contribution in [-0.2, 0) is 4.74 Å². The van der Waals surface area contributed by atoms with Gasteiger partial charge in [-0.1, -0.05) is 18.2 Å². The molecule has 2 aromatic rings. The second-order valence-electron chi connectivity index (χ2n) is 5.24. The van der Waals surface area contributed by atoms with Gasteiger partial charge in [0.1, 0.15) is 17.8 Å². The van der Waals surface area contributed by atoms with Gasteiger partial charge in [0.2, 0.25) is 5.88 Å². The summed E-state index contributed by atoms with van der Waals surface area (Å²) in [7, 11) is 0. The van der Waals surface area contributed by atoms with E-state index in [1.807, 2.05) is 30.3 Å². The summed E-state index contributed by atoms with van der Waals surface area (Å²) >= 11 is 0. The molecule has 1 aromatic carbocycles. The van der Waals surface area contributed by atoms with Crippen LogP contribution in [0.2, 0.25) is 0 Å². The van der Waals surface area contributed by atoms with Crippen LogP contribution < -0.4 is 15.8 Å². The van der Waals surface area contributed by atoms with Crippen molar-refractivity contribution >= 4 is 11.5 Å². The average molecular weight is 315 g/mol. The Bertz CT molecular complexity index is 617. The van der Waals surface area contributed by atoms with Crippen LogP contribution in [0, 0.1) is 0 Å². The van der Waals surface area contributed by atoms with Gasteiger partial charge in [-0.25, -0.2) is 4.98 Å². The smallest absolute Gasteiger partial charge is 0.248 e. The van der Waals surface area contributed by atoms with Crippen molar-refractivity contribution in [3.8, 4) is 11.6 Å². The highest BCUT2D eigenvalue weighted by Gasteiger charge is 2.12. The van der Waals surface area contributed by atoms with Crippen molar-refractivity contribution in [1.29, 1.82) is 0 Å². The largest absolute Gasteiger partial charge is 0.437 e. The molecule has 0 radical (unpaired) electrons. The number of hydrogen-bond acceptors (Lipinski definition) is 7. The lowest BCUT2D eigenvalue weighted by Gasteiger charge is -2.26. The molecule has 0 bridgehead atoms. The van der Waals surface area contributed by atoms with E-state index in [2.05, 4.69) is 20.2 Å².